The topological polar surface area (TPSA) is 159 Å². The van der Waals surface area contributed by atoms with Crippen molar-refractivity contribution in [2.45, 2.75) is 43.9 Å². The molecule has 0 saturated carbocycles. The lowest BCUT2D eigenvalue weighted by atomic mass is 10.1. The molecule has 19 heavy (non-hydrogen) atoms. The van der Waals surface area contributed by atoms with Gasteiger partial charge < -0.3 is 32.1 Å². The SMILES string of the molecule is NC(=O)[C@@H](N)CCC(=O)NCC[C@@H](O)C[C@H](O)CO. The molecule has 2 amide bonds. The minimum Gasteiger partial charge on any atom is -0.394 e. The van der Waals surface area contributed by atoms with Crippen LogP contribution in [0.25, 0.3) is 0 Å². The minimum absolute atomic E-state index is 0.0545. The molecule has 0 heterocycles. The predicted molar refractivity (Wildman–Crippen MR) is 67.7 cm³/mol. The zero-order chi connectivity index (χ0) is 14.8. The molecule has 8 N–H and O–H groups in total. The summed E-state index contributed by atoms with van der Waals surface area (Å²) in [4.78, 5) is 22.0. The first-order valence-corrected chi connectivity index (χ1v) is 6.15. The van der Waals surface area contributed by atoms with Crippen molar-refractivity contribution in [3.8, 4) is 0 Å². The Balaban J connectivity index is 3.66. The van der Waals surface area contributed by atoms with Crippen molar-refractivity contribution in [2.24, 2.45) is 11.5 Å². The molecule has 0 aliphatic carbocycles. The Hall–Kier alpha value is -1.22. The standard InChI is InChI=1S/C11H23N3O5/c12-9(11(13)19)1-2-10(18)14-4-3-7(16)5-8(17)6-15/h7-9,15-17H,1-6,12H2,(H2,13,19)(H,14,18)/t7-,8+,9+/m1/s1. The molecule has 0 aliphatic heterocycles. The fourth-order valence-corrected chi connectivity index (χ4v) is 1.40. The van der Waals surface area contributed by atoms with Gasteiger partial charge in [0, 0.05) is 19.4 Å². The van der Waals surface area contributed by atoms with Crippen molar-refractivity contribution >= 4 is 11.8 Å². The summed E-state index contributed by atoms with van der Waals surface area (Å²) in [5, 5.41) is 29.7. The van der Waals surface area contributed by atoms with Gasteiger partial charge in [0.05, 0.1) is 24.9 Å². The number of rotatable bonds is 10. The van der Waals surface area contributed by atoms with E-state index in [1.54, 1.807) is 0 Å². The van der Waals surface area contributed by atoms with Crippen LogP contribution in [0.5, 0.6) is 0 Å². The molecule has 0 aliphatic rings. The van der Waals surface area contributed by atoms with E-state index in [9.17, 15) is 14.7 Å². The van der Waals surface area contributed by atoms with Crippen LogP contribution in [0, 0.1) is 0 Å². The third kappa shape index (κ3) is 9.37. The molecule has 112 valence electrons. The van der Waals surface area contributed by atoms with Gasteiger partial charge in [-0.15, -0.1) is 0 Å². The molecule has 0 bridgehead atoms. The summed E-state index contributed by atoms with van der Waals surface area (Å²) in [5.74, 6) is -0.937. The van der Waals surface area contributed by atoms with Crippen molar-refractivity contribution in [3.63, 3.8) is 0 Å². The fraction of sp³-hybridized carbons (Fsp3) is 0.818. The second-order valence-electron chi connectivity index (χ2n) is 4.41. The maximum atomic E-state index is 11.3. The average molecular weight is 277 g/mol. The summed E-state index contributed by atoms with van der Waals surface area (Å²) in [6, 6.07) is -0.837. The molecule has 0 unspecified atom stereocenters. The van der Waals surface area contributed by atoms with Crippen molar-refractivity contribution in [3.05, 3.63) is 0 Å². The van der Waals surface area contributed by atoms with E-state index in [0.29, 0.717) is 0 Å². The fourth-order valence-electron chi connectivity index (χ4n) is 1.40. The van der Waals surface area contributed by atoms with Crippen LogP contribution >= 0.6 is 0 Å². The van der Waals surface area contributed by atoms with Crippen LogP contribution in [0.3, 0.4) is 0 Å². The lowest BCUT2D eigenvalue weighted by molar-refractivity contribution is -0.122. The zero-order valence-electron chi connectivity index (χ0n) is 10.8. The van der Waals surface area contributed by atoms with E-state index < -0.39 is 30.8 Å². The predicted octanol–water partition coefficient (Wildman–Crippen LogP) is -2.81. The number of hydrogen-bond donors (Lipinski definition) is 6. The van der Waals surface area contributed by atoms with Crippen LogP contribution in [0.15, 0.2) is 0 Å². The van der Waals surface area contributed by atoms with Crippen LogP contribution < -0.4 is 16.8 Å². The summed E-state index contributed by atoms with van der Waals surface area (Å²) >= 11 is 0. The largest absolute Gasteiger partial charge is 0.394 e. The number of hydrogen-bond acceptors (Lipinski definition) is 6. The van der Waals surface area contributed by atoms with E-state index in [4.69, 9.17) is 21.7 Å². The Kier molecular flexibility index (Phi) is 9.06. The van der Waals surface area contributed by atoms with Gasteiger partial charge in [-0.2, -0.15) is 0 Å². The van der Waals surface area contributed by atoms with Crippen LogP contribution in [0.4, 0.5) is 0 Å². The Bertz CT molecular complexity index is 288. The average Bonchev–Trinajstić information content (AvgIpc) is 2.35. The van der Waals surface area contributed by atoms with Gasteiger partial charge in [0.1, 0.15) is 0 Å². The third-order valence-electron chi connectivity index (χ3n) is 2.60. The van der Waals surface area contributed by atoms with E-state index >= 15 is 0 Å². The number of amides is 2. The zero-order valence-corrected chi connectivity index (χ0v) is 10.8. The third-order valence-corrected chi connectivity index (χ3v) is 2.60. The molecule has 0 aromatic rings. The van der Waals surface area contributed by atoms with E-state index in [1.807, 2.05) is 0 Å². The quantitative estimate of drug-likeness (QED) is 0.253. The highest BCUT2D eigenvalue weighted by molar-refractivity contribution is 5.81. The number of aliphatic hydroxyl groups is 3. The highest BCUT2D eigenvalue weighted by Gasteiger charge is 2.13. The van der Waals surface area contributed by atoms with E-state index in [2.05, 4.69) is 5.32 Å². The van der Waals surface area contributed by atoms with Gasteiger partial charge >= 0.3 is 0 Å². The molecular formula is C11H23N3O5. The van der Waals surface area contributed by atoms with E-state index in [-0.39, 0.29) is 38.1 Å². The maximum absolute atomic E-state index is 11.3. The summed E-state index contributed by atoms with van der Waals surface area (Å²) in [6.45, 7) is -0.168. The van der Waals surface area contributed by atoms with Gasteiger partial charge in [0.25, 0.3) is 0 Å². The molecule has 3 atom stereocenters. The molecule has 0 spiro atoms. The number of nitrogens with two attached hydrogens (primary N) is 2. The highest BCUT2D eigenvalue weighted by atomic mass is 16.3. The monoisotopic (exact) mass is 277 g/mol. The first-order chi connectivity index (χ1) is 8.86. The van der Waals surface area contributed by atoms with Gasteiger partial charge in [-0.1, -0.05) is 0 Å². The van der Waals surface area contributed by atoms with Crippen molar-refractivity contribution in [1.82, 2.24) is 5.32 Å². The first kappa shape index (κ1) is 17.8. The highest BCUT2D eigenvalue weighted by Crippen LogP contribution is 2.01. The number of aliphatic hydroxyl groups excluding tert-OH is 3. The molecule has 0 saturated heterocycles. The number of carbonyl (C=O) groups excluding carboxylic acids is 2. The second-order valence-corrected chi connectivity index (χ2v) is 4.41. The molecule has 8 heteroatoms. The molecule has 0 aromatic heterocycles. The summed E-state index contributed by atoms with van der Waals surface area (Å²) in [6.07, 6.45) is -1.18. The molecule has 0 radical (unpaired) electrons. The normalized spacial score (nSPS) is 15.6. The second kappa shape index (κ2) is 9.68. The Morgan fingerprint density at radius 1 is 1.16 bits per heavy atom. The first-order valence-electron chi connectivity index (χ1n) is 6.15. The van der Waals surface area contributed by atoms with Crippen molar-refractivity contribution in [2.75, 3.05) is 13.2 Å². The molecular weight excluding hydrogens is 254 g/mol. The summed E-state index contributed by atoms with van der Waals surface area (Å²) in [7, 11) is 0. The van der Waals surface area contributed by atoms with Gasteiger partial charge in [-0.25, -0.2) is 0 Å². The van der Waals surface area contributed by atoms with E-state index in [0.717, 1.165) is 0 Å². The Morgan fingerprint density at radius 3 is 2.32 bits per heavy atom. The van der Waals surface area contributed by atoms with E-state index in [1.165, 1.54) is 0 Å². The Morgan fingerprint density at radius 2 is 1.79 bits per heavy atom. The van der Waals surface area contributed by atoms with Gasteiger partial charge in [-0.05, 0) is 12.8 Å². The van der Waals surface area contributed by atoms with Crippen LogP contribution in [-0.2, 0) is 9.59 Å². The summed E-state index contributed by atoms with van der Waals surface area (Å²) in [5.41, 5.74) is 10.3. The van der Waals surface area contributed by atoms with Crippen LogP contribution in [0.2, 0.25) is 0 Å². The van der Waals surface area contributed by atoms with Gasteiger partial charge in [0.15, 0.2) is 0 Å². The number of primary amides is 1. The van der Waals surface area contributed by atoms with Crippen molar-refractivity contribution < 1.29 is 24.9 Å². The molecule has 8 nitrogen and oxygen atoms in total. The van der Waals surface area contributed by atoms with Gasteiger partial charge in [0.2, 0.25) is 11.8 Å². The van der Waals surface area contributed by atoms with Crippen LogP contribution in [0.1, 0.15) is 25.7 Å². The maximum Gasteiger partial charge on any atom is 0.234 e. The van der Waals surface area contributed by atoms with Gasteiger partial charge in [-0.3, -0.25) is 9.59 Å². The van der Waals surface area contributed by atoms with Crippen molar-refractivity contribution in [1.29, 1.82) is 0 Å². The molecule has 0 aromatic carbocycles. The smallest absolute Gasteiger partial charge is 0.234 e. The lowest BCUT2D eigenvalue weighted by Crippen LogP contribution is -2.38. The number of nitrogens with one attached hydrogen (secondary N) is 1. The molecule has 0 rings (SSSR count). The summed E-state index contributed by atoms with van der Waals surface area (Å²) < 4.78 is 0. The minimum atomic E-state index is -0.959. The lowest BCUT2D eigenvalue weighted by Gasteiger charge is -2.14. The number of carbonyl (C=O) groups is 2. The Labute approximate surface area is 111 Å². The molecule has 0 fully saturated rings. The van der Waals surface area contributed by atoms with Crippen LogP contribution in [-0.4, -0.2) is 58.5 Å².